The van der Waals surface area contributed by atoms with Crippen LogP contribution in [0.4, 0.5) is 11.4 Å². The van der Waals surface area contributed by atoms with Gasteiger partial charge >= 0.3 is 5.97 Å². The van der Waals surface area contributed by atoms with Crippen LogP contribution in [0.15, 0.2) is 83.1 Å². The zero-order valence-corrected chi connectivity index (χ0v) is 24.1. The standard InChI is InChI=1S/C34H42N2O5/c1-25(2)32(37)39-20-8-6-4-3-5-7-19-38-31-17-15-30(16-18-31)36-35-29-13-10-27(11-14-29)33-40-23-34(24-41-33)22-26-9-12-28(34)21-26/h9-18,26,28,33H,1,3-8,19-24H2,2H3. The molecule has 2 aromatic carbocycles. The first-order chi connectivity index (χ1) is 20.0. The van der Waals surface area contributed by atoms with Gasteiger partial charge in [0, 0.05) is 16.6 Å². The molecular formula is C34H42N2O5. The van der Waals surface area contributed by atoms with Crippen molar-refractivity contribution in [2.75, 3.05) is 26.4 Å². The second-order valence-electron chi connectivity index (χ2n) is 11.7. The molecule has 2 unspecified atom stereocenters. The summed E-state index contributed by atoms with van der Waals surface area (Å²) in [6.45, 7) is 7.94. The van der Waals surface area contributed by atoms with Crippen molar-refractivity contribution in [1.29, 1.82) is 0 Å². The van der Waals surface area contributed by atoms with E-state index in [1.807, 2.05) is 48.5 Å². The fourth-order valence-corrected chi connectivity index (χ4v) is 5.96. The van der Waals surface area contributed by atoms with Crippen LogP contribution in [0, 0.1) is 17.3 Å². The molecule has 2 bridgehead atoms. The molecule has 2 atom stereocenters. The maximum Gasteiger partial charge on any atom is 0.333 e. The Morgan fingerprint density at radius 2 is 1.49 bits per heavy atom. The summed E-state index contributed by atoms with van der Waals surface area (Å²) in [4.78, 5) is 11.3. The van der Waals surface area contributed by atoms with Crippen molar-refractivity contribution < 1.29 is 23.7 Å². The lowest BCUT2D eigenvalue weighted by Crippen LogP contribution is -2.41. The Labute approximate surface area is 243 Å². The summed E-state index contributed by atoms with van der Waals surface area (Å²) in [5.41, 5.74) is 3.21. The average molecular weight is 559 g/mol. The average Bonchev–Trinajstić information content (AvgIpc) is 3.60. The molecule has 3 aliphatic rings. The van der Waals surface area contributed by atoms with Gasteiger partial charge in [0.25, 0.3) is 0 Å². The maximum absolute atomic E-state index is 11.3. The van der Waals surface area contributed by atoms with Crippen LogP contribution in [-0.2, 0) is 19.0 Å². The van der Waals surface area contributed by atoms with Crippen LogP contribution in [0.3, 0.4) is 0 Å². The highest BCUT2D eigenvalue weighted by Gasteiger charge is 2.51. The first-order valence-electron chi connectivity index (χ1n) is 15.0. The molecule has 0 N–H and O–H groups in total. The van der Waals surface area contributed by atoms with E-state index in [1.165, 1.54) is 12.8 Å². The normalized spacial score (nSPS) is 24.8. The van der Waals surface area contributed by atoms with Gasteiger partial charge in [0.1, 0.15) is 5.75 Å². The van der Waals surface area contributed by atoms with Gasteiger partial charge in [-0.3, -0.25) is 0 Å². The number of carbonyl (C=O) groups excluding carboxylic acids is 1. The zero-order chi connectivity index (χ0) is 28.5. The van der Waals surface area contributed by atoms with Crippen molar-refractivity contribution in [2.24, 2.45) is 27.5 Å². The van der Waals surface area contributed by atoms with E-state index in [0.29, 0.717) is 30.6 Å². The number of hydrogen-bond donors (Lipinski definition) is 0. The van der Waals surface area contributed by atoms with Gasteiger partial charge in [0.05, 0.1) is 37.8 Å². The zero-order valence-electron chi connectivity index (χ0n) is 24.1. The molecule has 1 aliphatic heterocycles. The summed E-state index contributed by atoms with van der Waals surface area (Å²) < 4.78 is 23.3. The summed E-state index contributed by atoms with van der Waals surface area (Å²) in [5.74, 6) is 1.86. The van der Waals surface area contributed by atoms with Gasteiger partial charge in [-0.05, 0) is 80.8 Å². The number of fused-ring (bicyclic) bond motifs is 3. The Hall–Kier alpha value is -3.29. The van der Waals surface area contributed by atoms with Crippen LogP contribution in [0.2, 0.25) is 0 Å². The van der Waals surface area contributed by atoms with Crippen molar-refractivity contribution in [2.45, 2.75) is 64.6 Å². The minimum absolute atomic E-state index is 0.177. The molecule has 2 aromatic rings. The molecule has 1 saturated heterocycles. The molecule has 0 aromatic heterocycles. The van der Waals surface area contributed by atoms with E-state index in [1.54, 1.807) is 6.92 Å². The molecule has 5 rings (SSSR count). The van der Waals surface area contributed by atoms with E-state index >= 15 is 0 Å². The van der Waals surface area contributed by atoms with Gasteiger partial charge in [0.15, 0.2) is 6.29 Å². The largest absolute Gasteiger partial charge is 0.494 e. The smallest absolute Gasteiger partial charge is 0.333 e. The minimum atomic E-state index is -0.313. The quantitative estimate of drug-likeness (QED) is 0.0763. The predicted molar refractivity (Wildman–Crippen MR) is 158 cm³/mol. The van der Waals surface area contributed by atoms with Gasteiger partial charge in [-0.15, -0.1) is 0 Å². The summed E-state index contributed by atoms with van der Waals surface area (Å²) >= 11 is 0. The number of benzene rings is 2. The van der Waals surface area contributed by atoms with E-state index in [9.17, 15) is 4.79 Å². The fraction of sp³-hybridized carbons (Fsp3) is 0.500. The summed E-state index contributed by atoms with van der Waals surface area (Å²) in [7, 11) is 0. The molecule has 7 heteroatoms. The third-order valence-corrected chi connectivity index (χ3v) is 8.34. The highest BCUT2D eigenvalue weighted by atomic mass is 16.7. The topological polar surface area (TPSA) is 78.7 Å². The third-order valence-electron chi connectivity index (χ3n) is 8.34. The molecule has 218 valence electrons. The Morgan fingerprint density at radius 1 is 0.878 bits per heavy atom. The maximum atomic E-state index is 11.3. The molecule has 0 radical (unpaired) electrons. The lowest BCUT2D eigenvalue weighted by molar-refractivity contribution is -0.239. The van der Waals surface area contributed by atoms with E-state index < -0.39 is 0 Å². The number of unbranched alkanes of at least 4 members (excludes halogenated alkanes) is 5. The number of ether oxygens (including phenoxy) is 4. The van der Waals surface area contributed by atoms with Gasteiger partial charge in [-0.1, -0.05) is 56.5 Å². The molecule has 7 nitrogen and oxygen atoms in total. The SMILES string of the molecule is C=C(C)C(=O)OCCCCCCCCOc1ccc(N=Nc2ccc(C3OCC4(CO3)CC3C=CC4C3)cc2)cc1. The second kappa shape index (κ2) is 14.1. The van der Waals surface area contributed by atoms with Crippen molar-refractivity contribution >= 4 is 17.3 Å². The van der Waals surface area contributed by atoms with Gasteiger partial charge in [-0.2, -0.15) is 10.2 Å². The molecule has 1 heterocycles. The Kier molecular flexibility index (Phi) is 10.0. The molecule has 2 aliphatic carbocycles. The summed E-state index contributed by atoms with van der Waals surface area (Å²) in [5, 5.41) is 8.75. The number of carbonyl (C=O) groups is 1. The Morgan fingerprint density at radius 3 is 2.07 bits per heavy atom. The third kappa shape index (κ3) is 7.92. The highest BCUT2D eigenvalue weighted by molar-refractivity contribution is 5.86. The number of esters is 1. The van der Waals surface area contributed by atoms with Crippen LogP contribution in [-0.4, -0.2) is 32.4 Å². The molecule has 2 fully saturated rings. The van der Waals surface area contributed by atoms with E-state index in [-0.39, 0.29) is 17.7 Å². The van der Waals surface area contributed by atoms with Gasteiger partial charge < -0.3 is 18.9 Å². The van der Waals surface area contributed by atoms with Crippen LogP contribution in [0.1, 0.15) is 70.1 Å². The summed E-state index contributed by atoms with van der Waals surface area (Å²) in [6, 6.07) is 15.6. The van der Waals surface area contributed by atoms with Crippen LogP contribution < -0.4 is 4.74 Å². The monoisotopic (exact) mass is 558 g/mol. The predicted octanol–water partition coefficient (Wildman–Crippen LogP) is 8.57. The van der Waals surface area contributed by atoms with Gasteiger partial charge in [-0.25, -0.2) is 4.79 Å². The summed E-state index contributed by atoms with van der Waals surface area (Å²) in [6.07, 6.45) is 13.2. The first-order valence-corrected chi connectivity index (χ1v) is 15.0. The number of rotatable bonds is 14. The molecule has 1 saturated carbocycles. The lowest BCUT2D eigenvalue weighted by atomic mass is 9.76. The highest BCUT2D eigenvalue weighted by Crippen LogP contribution is 2.54. The number of nitrogens with zero attached hydrogens (tertiary/aromatic N) is 2. The number of allylic oxidation sites excluding steroid dienone is 2. The van der Waals surface area contributed by atoms with E-state index in [2.05, 4.69) is 29.0 Å². The molecular weight excluding hydrogens is 516 g/mol. The molecule has 41 heavy (non-hydrogen) atoms. The van der Waals surface area contributed by atoms with Crippen molar-refractivity contribution in [1.82, 2.24) is 0 Å². The lowest BCUT2D eigenvalue weighted by Gasteiger charge is -2.41. The first kappa shape index (κ1) is 29.2. The molecule has 1 spiro atoms. The Balaban J connectivity index is 0.953. The van der Waals surface area contributed by atoms with E-state index in [4.69, 9.17) is 18.9 Å². The van der Waals surface area contributed by atoms with Crippen molar-refractivity contribution in [3.05, 3.63) is 78.4 Å². The fourth-order valence-electron chi connectivity index (χ4n) is 5.96. The Bertz CT molecular complexity index is 1210. The van der Waals surface area contributed by atoms with Gasteiger partial charge in [0.2, 0.25) is 0 Å². The van der Waals surface area contributed by atoms with Crippen LogP contribution >= 0.6 is 0 Å². The minimum Gasteiger partial charge on any atom is -0.494 e. The van der Waals surface area contributed by atoms with E-state index in [0.717, 1.165) is 74.4 Å². The molecule has 0 amide bonds. The van der Waals surface area contributed by atoms with Crippen LogP contribution in [0.25, 0.3) is 0 Å². The van der Waals surface area contributed by atoms with Crippen molar-refractivity contribution in [3.8, 4) is 5.75 Å². The van der Waals surface area contributed by atoms with Crippen molar-refractivity contribution in [3.63, 3.8) is 0 Å². The number of hydrogen-bond acceptors (Lipinski definition) is 7. The van der Waals surface area contributed by atoms with Crippen LogP contribution in [0.5, 0.6) is 5.75 Å². The number of azo groups is 1. The second-order valence-corrected chi connectivity index (χ2v) is 11.7.